The third kappa shape index (κ3) is 5.28. The van der Waals surface area contributed by atoms with Gasteiger partial charge in [-0.15, -0.1) is 0 Å². The Balaban J connectivity index is 3.58. The number of rotatable bonds is 10. The summed E-state index contributed by atoms with van der Waals surface area (Å²) in [5, 5.41) is 0. The highest BCUT2D eigenvalue weighted by Gasteiger charge is 2.17. The maximum Gasteiger partial charge on any atom is 0.240 e. The fourth-order valence-corrected chi connectivity index (χ4v) is 2.82. The first-order valence-electron chi connectivity index (χ1n) is 8.56. The van der Waals surface area contributed by atoms with Crippen LogP contribution in [0.3, 0.4) is 0 Å². The molecule has 0 amide bonds. The standard InChI is InChI=1S/C19H26N2O2/c1-4-7-10-15-12-16(11-8-5-2)19(21-14-23)17(9-6-3)18(15)20-13-22/h12H,4-11H2,1-3H3. The van der Waals surface area contributed by atoms with Gasteiger partial charge < -0.3 is 0 Å². The summed E-state index contributed by atoms with van der Waals surface area (Å²) in [5.74, 6) is 0. The highest BCUT2D eigenvalue weighted by molar-refractivity contribution is 5.72. The van der Waals surface area contributed by atoms with Crippen molar-refractivity contribution in [3.8, 4) is 0 Å². The second-order valence-electron chi connectivity index (χ2n) is 5.73. The number of carbonyl (C=O) groups excluding carboxylic acids is 2. The highest BCUT2D eigenvalue weighted by atomic mass is 16.1. The fourth-order valence-electron chi connectivity index (χ4n) is 2.82. The van der Waals surface area contributed by atoms with Crippen molar-refractivity contribution in [3.05, 3.63) is 22.8 Å². The Bertz CT molecular complexity index is 562. The van der Waals surface area contributed by atoms with Gasteiger partial charge in [0.2, 0.25) is 12.2 Å². The van der Waals surface area contributed by atoms with Crippen molar-refractivity contribution < 1.29 is 9.59 Å². The molecule has 23 heavy (non-hydrogen) atoms. The van der Waals surface area contributed by atoms with E-state index in [1.807, 2.05) is 0 Å². The van der Waals surface area contributed by atoms with Crippen LogP contribution < -0.4 is 0 Å². The molecule has 0 aliphatic rings. The Morgan fingerprint density at radius 1 is 0.783 bits per heavy atom. The van der Waals surface area contributed by atoms with E-state index >= 15 is 0 Å². The normalized spacial score (nSPS) is 10.0. The third-order valence-electron chi connectivity index (χ3n) is 3.94. The molecule has 0 aromatic heterocycles. The number of hydrogen-bond donors (Lipinski definition) is 0. The lowest BCUT2D eigenvalue weighted by atomic mass is 9.92. The molecule has 0 saturated heterocycles. The molecule has 0 heterocycles. The van der Waals surface area contributed by atoms with Gasteiger partial charge in [-0.1, -0.05) is 46.1 Å². The molecular formula is C19H26N2O2. The summed E-state index contributed by atoms with van der Waals surface area (Å²) in [6.45, 7) is 6.34. The Kier molecular flexibility index (Phi) is 8.82. The van der Waals surface area contributed by atoms with Crippen LogP contribution in [-0.4, -0.2) is 12.2 Å². The van der Waals surface area contributed by atoms with Gasteiger partial charge in [0, 0.05) is 5.56 Å². The van der Waals surface area contributed by atoms with Gasteiger partial charge in [0.15, 0.2) is 0 Å². The minimum atomic E-state index is 0.657. The van der Waals surface area contributed by atoms with Crippen molar-refractivity contribution in [1.29, 1.82) is 0 Å². The number of isocyanates is 2. The summed E-state index contributed by atoms with van der Waals surface area (Å²) in [6, 6.07) is 2.07. The van der Waals surface area contributed by atoms with Crippen LogP contribution in [0.15, 0.2) is 16.1 Å². The van der Waals surface area contributed by atoms with E-state index in [1.54, 1.807) is 12.2 Å². The number of nitrogens with zero attached hydrogens (tertiary/aromatic N) is 2. The van der Waals surface area contributed by atoms with E-state index < -0.39 is 0 Å². The molecule has 0 aliphatic carbocycles. The monoisotopic (exact) mass is 314 g/mol. The minimum Gasteiger partial charge on any atom is -0.211 e. The topological polar surface area (TPSA) is 58.9 Å². The van der Waals surface area contributed by atoms with Gasteiger partial charge in [0.05, 0.1) is 11.4 Å². The largest absolute Gasteiger partial charge is 0.240 e. The quantitative estimate of drug-likeness (QED) is 0.437. The molecule has 0 unspecified atom stereocenters. The van der Waals surface area contributed by atoms with Gasteiger partial charge in [-0.2, -0.15) is 9.98 Å². The summed E-state index contributed by atoms with van der Waals surface area (Å²) >= 11 is 0. The molecule has 0 bridgehead atoms. The average Bonchev–Trinajstić information content (AvgIpc) is 2.56. The summed E-state index contributed by atoms with van der Waals surface area (Å²) in [4.78, 5) is 29.7. The first kappa shape index (κ1) is 19.0. The first-order valence-corrected chi connectivity index (χ1v) is 8.56. The van der Waals surface area contributed by atoms with E-state index in [2.05, 4.69) is 36.8 Å². The number of aryl methyl sites for hydroxylation is 2. The van der Waals surface area contributed by atoms with Crippen LogP contribution in [0.5, 0.6) is 0 Å². The van der Waals surface area contributed by atoms with Gasteiger partial charge in [-0.05, 0) is 43.2 Å². The lowest BCUT2D eigenvalue weighted by Gasteiger charge is -2.16. The van der Waals surface area contributed by atoms with Gasteiger partial charge >= 0.3 is 0 Å². The molecule has 124 valence electrons. The molecule has 0 atom stereocenters. The number of aliphatic imine (C=N–C) groups is 2. The number of benzene rings is 1. The molecule has 4 heteroatoms. The molecule has 1 aromatic carbocycles. The SMILES string of the molecule is CCCCc1cc(CCCC)c(N=C=O)c(CCC)c1N=C=O. The van der Waals surface area contributed by atoms with Gasteiger partial charge in [0.25, 0.3) is 0 Å². The van der Waals surface area contributed by atoms with Gasteiger partial charge in [0.1, 0.15) is 0 Å². The average molecular weight is 314 g/mol. The predicted molar refractivity (Wildman–Crippen MR) is 93.2 cm³/mol. The zero-order valence-corrected chi connectivity index (χ0v) is 14.4. The second kappa shape index (κ2) is 10.7. The Hall–Kier alpha value is -2.02. The molecule has 1 rings (SSSR count). The van der Waals surface area contributed by atoms with E-state index in [1.165, 1.54) is 0 Å². The zero-order valence-electron chi connectivity index (χ0n) is 14.4. The van der Waals surface area contributed by atoms with Crippen LogP contribution in [0.4, 0.5) is 11.4 Å². The summed E-state index contributed by atoms with van der Waals surface area (Å²) < 4.78 is 0. The van der Waals surface area contributed by atoms with Crippen molar-refractivity contribution >= 4 is 23.5 Å². The molecule has 0 N–H and O–H groups in total. The molecule has 0 fully saturated rings. The van der Waals surface area contributed by atoms with E-state index in [9.17, 15) is 9.59 Å². The number of unbranched alkanes of at least 4 members (excludes halogenated alkanes) is 2. The van der Waals surface area contributed by atoms with Crippen LogP contribution in [0.2, 0.25) is 0 Å². The lowest BCUT2D eigenvalue weighted by Crippen LogP contribution is -1.98. The van der Waals surface area contributed by atoms with E-state index in [0.717, 1.165) is 68.1 Å². The summed E-state index contributed by atoms with van der Waals surface area (Å²) in [6.07, 6.45) is 10.9. The second-order valence-corrected chi connectivity index (χ2v) is 5.73. The van der Waals surface area contributed by atoms with Gasteiger partial charge in [-0.3, -0.25) is 0 Å². The molecule has 0 saturated carbocycles. The number of hydrogen-bond acceptors (Lipinski definition) is 4. The predicted octanol–water partition coefficient (Wildman–Crippen LogP) is 5.26. The van der Waals surface area contributed by atoms with Crippen LogP contribution in [0.1, 0.15) is 69.6 Å². The van der Waals surface area contributed by atoms with E-state index in [4.69, 9.17) is 0 Å². The Labute approximate surface area is 138 Å². The lowest BCUT2D eigenvalue weighted by molar-refractivity contribution is 0.564. The van der Waals surface area contributed by atoms with Crippen molar-refractivity contribution in [1.82, 2.24) is 0 Å². The van der Waals surface area contributed by atoms with Crippen LogP contribution in [0.25, 0.3) is 0 Å². The molecule has 4 nitrogen and oxygen atoms in total. The van der Waals surface area contributed by atoms with E-state index in [0.29, 0.717) is 11.4 Å². The molecule has 0 aliphatic heterocycles. The highest BCUT2D eigenvalue weighted by Crippen LogP contribution is 2.38. The molecule has 0 radical (unpaired) electrons. The molecule has 0 spiro atoms. The summed E-state index contributed by atoms with van der Waals surface area (Å²) in [7, 11) is 0. The maximum atomic E-state index is 10.9. The van der Waals surface area contributed by atoms with Crippen LogP contribution in [0, 0.1) is 0 Å². The zero-order chi connectivity index (χ0) is 17.1. The van der Waals surface area contributed by atoms with Crippen molar-refractivity contribution in [2.24, 2.45) is 9.98 Å². The van der Waals surface area contributed by atoms with E-state index in [-0.39, 0.29) is 0 Å². The van der Waals surface area contributed by atoms with Crippen LogP contribution >= 0.6 is 0 Å². The molecular weight excluding hydrogens is 288 g/mol. The maximum absolute atomic E-state index is 10.9. The third-order valence-corrected chi connectivity index (χ3v) is 3.94. The Morgan fingerprint density at radius 2 is 1.26 bits per heavy atom. The molecule has 1 aromatic rings. The fraction of sp³-hybridized carbons (Fsp3) is 0.579. The van der Waals surface area contributed by atoms with Crippen molar-refractivity contribution in [2.75, 3.05) is 0 Å². The smallest absolute Gasteiger partial charge is 0.211 e. The first-order chi connectivity index (χ1) is 11.2. The minimum absolute atomic E-state index is 0.657. The van der Waals surface area contributed by atoms with Crippen molar-refractivity contribution in [2.45, 2.75) is 72.1 Å². The Morgan fingerprint density at radius 3 is 1.61 bits per heavy atom. The van der Waals surface area contributed by atoms with Crippen molar-refractivity contribution in [3.63, 3.8) is 0 Å². The van der Waals surface area contributed by atoms with Gasteiger partial charge in [-0.25, -0.2) is 9.59 Å². The summed E-state index contributed by atoms with van der Waals surface area (Å²) in [5.41, 5.74) is 4.33. The van der Waals surface area contributed by atoms with Crippen LogP contribution in [-0.2, 0) is 28.9 Å².